The van der Waals surface area contributed by atoms with E-state index in [1.54, 1.807) is 0 Å². The number of anilines is 1. The molecule has 0 spiro atoms. The van der Waals surface area contributed by atoms with Crippen molar-refractivity contribution in [1.29, 1.82) is 0 Å². The number of nitrogens with zero attached hydrogens (tertiary/aromatic N) is 3. The largest absolute Gasteiger partial charge is 0.473 e. The summed E-state index contributed by atoms with van der Waals surface area (Å²) in [6.45, 7) is 2.66. The fourth-order valence-corrected chi connectivity index (χ4v) is 4.13. The number of ether oxygens (including phenoxy) is 1. The molecule has 2 heterocycles. The van der Waals surface area contributed by atoms with Gasteiger partial charge >= 0.3 is 6.09 Å². The van der Waals surface area contributed by atoms with Crippen molar-refractivity contribution in [2.24, 2.45) is 11.8 Å². The molecule has 2 fully saturated rings. The maximum atomic E-state index is 11.1. The Kier molecular flexibility index (Phi) is 4.85. The number of carbonyl (C=O) groups excluding carboxylic acids is 1. The lowest BCUT2D eigenvalue weighted by Crippen LogP contribution is -2.29. The molecule has 8 heteroatoms. The minimum absolute atomic E-state index is 0.0584. The summed E-state index contributed by atoms with van der Waals surface area (Å²) in [5, 5.41) is 20.2. The summed E-state index contributed by atoms with van der Waals surface area (Å²) in [6, 6.07) is 11.1. The molecular formula is C20H22N4O4. The highest BCUT2D eigenvalue weighted by Crippen LogP contribution is 2.39. The standard InChI is InChI=1S/C20H22N4O4/c1-12(25)21-16-4-2-13(3-5-16)18-6-7-19(23-22-18)28-17-8-14-10-24(20(26)27)11-15(14)9-17/h2-7,14-15,17H,8-11H2,1H3,(H,21,25)(H,26,27)/t14-,15+,17?. The molecule has 0 bridgehead atoms. The predicted octanol–water partition coefficient (Wildman–Crippen LogP) is 2.87. The molecule has 0 radical (unpaired) electrons. The zero-order valence-electron chi connectivity index (χ0n) is 15.5. The highest BCUT2D eigenvalue weighted by atomic mass is 16.5. The lowest BCUT2D eigenvalue weighted by atomic mass is 10.0. The first-order valence-corrected chi connectivity index (χ1v) is 9.34. The number of carbonyl (C=O) groups is 2. The van der Waals surface area contributed by atoms with E-state index in [0.717, 1.165) is 29.8 Å². The van der Waals surface area contributed by atoms with Gasteiger partial charge in [-0.1, -0.05) is 12.1 Å². The normalized spacial score (nSPS) is 23.3. The highest BCUT2D eigenvalue weighted by molar-refractivity contribution is 5.88. The number of amides is 2. The first kappa shape index (κ1) is 18.2. The van der Waals surface area contributed by atoms with Gasteiger partial charge in [-0.25, -0.2) is 4.79 Å². The fraction of sp³-hybridized carbons (Fsp3) is 0.400. The van der Waals surface area contributed by atoms with Crippen LogP contribution in [-0.2, 0) is 4.79 Å². The molecule has 4 rings (SSSR count). The van der Waals surface area contributed by atoms with Crippen molar-refractivity contribution in [1.82, 2.24) is 15.1 Å². The molecule has 8 nitrogen and oxygen atoms in total. The molecule has 2 aliphatic rings. The molecule has 1 aromatic heterocycles. The molecule has 1 aromatic carbocycles. The van der Waals surface area contributed by atoms with Gasteiger partial charge in [-0.05, 0) is 42.9 Å². The average Bonchev–Trinajstić information content (AvgIpc) is 3.21. The third-order valence-electron chi connectivity index (χ3n) is 5.41. The Bertz CT molecular complexity index is 855. The third-order valence-corrected chi connectivity index (χ3v) is 5.41. The van der Waals surface area contributed by atoms with Crippen LogP contribution in [0.4, 0.5) is 10.5 Å². The second kappa shape index (κ2) is 7.46. The maximum Gasteiger partial charge on any atom is 0.407 e. The van der Waals surface area contributed by atoms with Crippen LogP contribution in [0.1, 0.15) is 19.8 Å². The molecule has 3 atom stereocenters. The molecule has 1 saturated carbocycles. The molecule has 1 aliphatic heterocycles. The number of hydrogen-bond acceptors (Lipinski definition) is 5. The molecular weight excluding hydrogens is 360 g/mol. The monoisotopic (exact) mass is 382 g/mol. The predicted molar refractivity (Wildman–Crippen MR) is 102 cm³/mol. The van der Waals surface area contributed by atoms with E-state index in [1.807, 2.05) is 36.4 Å². The number of aromatic nitrogens is 2. The van der Waals surface area contributed by atoms with Crippen molar-refractivity contribution in [3.05, 3.63) is 36.4 Å². The van der Waals surface area contributed by atoms with Crippen LogP contribution in [0.15, 0.2) is 36.4 Å². The van der Waals surface area contributed by atoms with E-state index in [2.05, 4.69) is 15.5 Å². The van der Waals surface area contributed by atoms with Crippen molar-refractivity contribution in [3.8, 4) is 17.1 Å². The zero-order chi connectivity index (χ0) is 19.7. The molecule has 2 N–H and O–H groups in total. The SMILES string of the molecule is CC(=O)Nc1ccc(-c2ccc(OC3C[C@@H]4CN(C(=O)O)C[C@@H]4C3)nn2)cc1. The Labute approximate surface area is 162 Å². The van der Waals surface area contributed by atoms with E-state index in [4.69, 9.17) is 9.84 Å². The van der Waals surface area contributed by atoms with Crippen molar-refractivity contribution >= 4 is 17.7 Å². The van der Waals surface area contributed by atoms with Crippen molar-refractivity contribution in [3.63, 3.8) is 0 Å². The summed E-state index contributed by atoms with van der Waals surface area (Å²) in [5.74, 6) is 1.12. The summed E-state index contributed by atoms with van der Waals surface area (Å²) < 4.78 is 5.97. The number of hydrogen-bond donors (Lipinski definition) is 2. The summed E-state index contributed by atoms with van der Waals surface area (Å²) in [5.41, 5.74) is 2.36. The Hall–Kier alpha value is -3.16. The van der Waals surface area contributed by atoms with E-state index in [0.29, 0.717) is 30.8 Å². The number of rotatable bonds is 4. The highest BCUT2D eigenvalue weighted by Gasteiger charge is 2.43. The van der Waals surface area contributed by atoms with Crippen LogP contribution in [0.3, 0.4) is 0 Å². The van der Waals surface area contributed by atoms with Gasteiger partial charge in [0.15, 0.2) is 0 Å². The second-order valence-electron chi connectivity index (χ2n) is 7.43. The van der Waals surface area contributed by atoms with Crippen LogP contribution in [0.2, 0.25) is 0 Å². The smallest absolute Gasteiger partial charge is 0.407 e. The number of carboxylic acid groups (broad SMARTS) is 1. The summed E-state index contributed by atoms with van der Waals surface area (Å²) >= 11 is 0. The van der Waals surface area contributed by atoms with Crippen LogP contribution in [0, 0.1) is 11.8 Å². The van der Waals surface area contributed by atoms with E-state index in [1.165, 1.54) is 11.8 Å². The number of likely N-dealkylation sites (tertiary alicyclic amines) is 1. The van der Waals surface area contributed by atoms with Crippen molar-refractivity contribution in [2.45, 2.75) is 25.9 Å². The third kappa shape index (κ3) is 3.90. The van der Waals surface area contributed by atoms with Crippen LogP contribution in [-0.4, -0.2) is 51.4 Å². The number of nitrogens with one attached hydrogen (secondary N) is 1. The van der Waals surface area contributed by atoms with E-state index < -0.39 is 6.09 Å². The van der Waals surface area contributed by atoms with Gasteiger partial charge < -0.3 is 20.1 Å². The average molecular weight is 382 g/mol. The Morgan fingerprint density at radius 3 is 2.29 bits per heavy atom. The fourth-order valence-electron chi connectivity index (χ4n) is 4.13. The van der Waals surface area contributed by atoms with Gasteiger partial charge in [0, 0.05) is 37.3 Å². The van der Waals surface area contributed by atoms with Gasteiger partial charge in [0.2, 0.25) is 11.8 Å². The summed E-state index contributed by atoms with van der Waals surface area (Å²) in [7, 11) is 0. The van der Waals surface area contributed by atoms with Crippen LogP contribution in [0.25, 0.3) is 11.3 Å². The minimum Gasteiger partial charge on any atom is -0.473 e. The lowest BCUT2D eigenvalue weighted by molar-refractivity contribution is -0.114. The Morgan fingerprint density at radius 1 is 1.07 bits per heavy atom. The molecule has 28 heavy (non-hydrogen) atoms. The first-order chi connectivity index (χ1) is 13.5. The molecule has 1 saturated heterocycles. The molecule has 2 amide bonds. The van der Waals surface area contributed by atoms with Gasteiger partial charge in [-0.15, -0.1) is 10.2 Å². The summed E-state index contributed by atoms with van der Waals surface area (Å²) in [6.07, 6.45) is 0.923. The van der Waals surface area contributed by atoms with Crippen LogP contribution >= 0.6 is 0 Å². The van der Waals surface area contributed by atoms with Gasteiger partial charge in [-0.3, -0.25) is 4.79 Å². The first-order valence-electron chi connectivity index (χ1n) is 9.34. The lowest BCUT2D eigenvalue weighted by Gasteiger charge is -2.17. The van der Waals surface area contributed by atoms with E-state index >= 15 is 0 Å². The second-order valence-corrected chi connectivity index (χ2v) is 7.43. The molecule has 2 aromatic rings. The molecule has 1 aliphatic carbocycles. The minimum atomic E-state index is -0.835. The van der Waals surface area contributed by atoms with Gasteiger partial charge in [0.25, 0.3) is 0 Å². The van der Waals surface area contributed by atoms with Gasteiger partial charge in [0.05, 0.1) is 5.69 Å². The zero-order valence-corrected chi connectivity index (χ0v) is 15.5. The topological polar surface area (TPSA) is 105 Å². The van der Waals surface area contributed by atoms with E-state index in [9.17, 15) is 9.59 Å². The van der Waals surface area contributed by atoms with Crippen LogP contribution in [0.5, 0.6) is 5.88 Å². The van der Waals surface area contributed by atoms with Crippen molar-refractivity contribution in [2.75, 3.05) is 18.4 Å². The van der Waals surface area contributed by atoms with E-state index in [-0.39, 0.29) is 12.0 Å². The summed E-state index contributed by atoms with van der Waals surface area (Å²) in [4.78, 5) is 23.7. The molecule has 1 unspecified atom stereocenters. The molecule has 146 valence electrons. The number of fused-ring (bicyclic) bond motifs is 1. The van der Waals surface area contributed by atoms with Gasteiger partial charge in [-0.2, -0.15) is 0 Å². The van der Waals surface area contributed by atoms with Crippen molar-refractivity contribution < 1.29 is 19.4 Å². The Balaban J connectivity index is 1.34. The van der Waals surface area contributed by atoms with Gasteiger partial charge in [0.1, 0.15) is 6.10 Å². The Morgan fingerprint density at radius 2 is 1.75 bits per heavy atom. The quantitative estimate of drug-likeness (QED) is 0.842. The number of benzene rings is 1. The van der Waals surface area contributed by atoms with Crippen LogP contribution < -0.4 is 10.1 Å². The maximum absolute atomic E-state index is 11.1.